The van der Waals surface area contributed by atoms with Crippen LogP contribution in [0.4, 0.5) is 15.8 Å². The average Bonchev–Trinajstić information content (AvgIpc) is 2.06. The van der Waals surface area contributed by atoms with Crippen LogP contribution in [-0.2, 0) is 10.0 Å². The molecular weight excluding hydrogens is 207 g/mol. The zero-order valence-electron chi connectivity index (χ0n) is 7.83. The van der Waals surface area contributed by atoms with E-state index in [0.717, 1.165) is 6.26 Å². The quantitative estimate of drug-likeness (QED) is 0.802. The van der Waals surface area contributed by atoms with Gasteiger partial charge in [0.05, 0.1) is 17.6 Å². The van der Waals surface area contributed by atoms with Crippen LogP contribution in [0.5, 0.6) is 0 Å². The van der Waals surface area contributed by atoms with Gasteiger partial charge in [-0.1, -0.05) is 0 Å². The van der Waals surface area contributed by atoms with Crippen LogP contribution < -0.4 is 10.0 Å². The van der Waals surface area contributed by atoms with Crippen molar-refractivity contribution in [3.05, 3.63) is 24.0 Å². The standard InChI is InChI=1S/C8H11FN2O2S/c1-10-8-5-6(3-4-7(8)9)11-14(2,12)13/h3-5,10-11H,1-2H3. The SMILES string of the molecule is CNc1cc(NS(C)(=O)=O)ccc1F. The van der Waals surface area contributed by atoms with Gasteiger partial charge in [0.1, 0.15) is 5.82 Å². The van der Waals surface area contributed by atoms with Crippen molar-refractivity contribution in [2.45, 2.75) is 0 Å². The van der Waals surface area contributed by atoms with Crippen molar-refractivity contribution in [2.75, 3.05) is 23.3 Å². The lowest BCUT2D eigenvalue weighted by molar-refractivity contribution is 0.606. The van der Waals surface area contributed by atoms with Crippen molar-refractivity contribution in [3.63, 3.8) is 0 Å². The molecule has 78 valence electrons. The topological polar surface area (TPSA) is 58.2 Å². The summed E-state index contributed by atoms with van der Waals surface area (Å²) in [5.74, 6) is -0.424. The Balaban J connectivity index is 3.01. The van der Waals surface area contributed by atoms with E-state index in [1.807, 2.05) is 0 Å². The second-order valence-electron chi connectivity index (χ2n) is 2.82. The molecule has 1 rings (SSSR count). The zero-order chi connectivity index (χ0) is 10.8. The molecule has 14 heavy (non-hydrogen) atoms. The molecule has 0 aliphatic rings. The van der Waals surface area contributed by atoms with E-state index < -0.39 is 15.8 Å². The first-order valence-electron chi connectivity index (χ1n) is 3.87. The molecule has 1 aromatic rings. The Bertz CT molecular complexity index is 431. The normalized spacial score (nSPS) is 11.1. The van der Waals surface area contributed by atoms with Crippen LogP contribution in [0.1, 0.15) is 0 Å². The lowest BCUT2D eigenvalue weighted by Gasteiger charge is -2.07. The van der Waals surface area contributed by atoms with Gasteiger partial charge in [0.25, 0.3) is 0 Å². The van der Waals surface area contributed by atoms with E-state index in [-0.39, 0.29) is 5.69 Å². The van der Waals surface area contributed by atoms with Crippen LogP contribution in [0.2, 0.25) is 0 Å². The van der Waals surface area contributed by atoms with Gasteiger partial charge in [-0.3, -0.25) is 4.72 Å². The van der Waals surface area contributed by atoms with Gasteiger partial charge in [0, 0.05) is 7.05 Å². The van der Waals surface area contributed by atoms with E-state index >= 15 is 0 Å². The average molecular weight is 218 g/mol. The summed E-state index contributed by atoms with van der Waals surface area (Å²) in [6.45, 7) is 0. The lowest BCUT2D eigenvalue weighted by atomic mass is 10.3. The first-order valence-corrected chi connectivity index (χ1v) is 5.76. The molecule has 1 aromatic carbocycles. The Morgan fingerprint density at radius 3 is 2.50 bits per heavy atom. The smallest absolute Gasteiger partial charge is 0.229 e. The minimum Gasteiger partial charge on any atom is -0.386 e. The highest BCUT2D eigenvalue weighted by molar-refractivity contribution is 7.92. The van der Waals surface area contributed by atoms with Crippen molar-refractivity contribution in [2.24, 2.45) is 0 Å². The number of halogens is 1. The zero-order valence-corrected chi connectivity index (χ0v) is 8.65. The van der Waals surface area contributed by atoms with Crippen molar-refractivity contribution in [1.29, 1.82) is 0 Å². The maximum absolute atomic E-state index is 13.0. The van der Waals surface area contributed by atoms with E-state index in [1.165, 1.54) is 18.2 Å². The van der Waals surface area contributed by atoms with E-state index in [9.17, 15) is 12.8 Å². The van der Waals surface area contributed by atoms with E-state index in [0.29, 0.717) is 5.69 Å². The second kappa shape index (κ2) is 3.83. The number of sulfonamides is 1. The van der Waals surface area contributed by atoms with Gasteiger partial charge in [0.15, 0.2) is 0 Å². The molecule has 0 aliphatic heterocycles. The number of rotatable bonds is 3. The predicted octanol–water partition coefficient (Wildman–Crippen LogP) is 1.24. The van der Waals surface area contributed by atoms with Gasteiger partial charge in [-0.15, -0.1) is 0 Å². The molecule has 0 radical (unpaired) electrons. The Morgan fingerprint density at radius 2 is 2.00 bits per heavy atom. The molecule has 0 saturated heterocycles. The van der Waals surface area contributed by atoms with Crippen molar-refractivity contribution in [1.82, 2.24) is 0 Å². The van der Waals surface area contributed by atoms with Gasteiger partial charge in [-0.2, -0.15) is 0 Å². The summed E-state index contributed by atoms with van der Waals surface area (Å²) in [7, 11) is -1.76. The number of hydrogen-bond donors (Lipinski definition) is 2. The third-order valence-electron chi connectivity index (χ3n) is 1.54. The molecule has 0 heterocycles. The molecule has 0 fully saturated rings. The van der Waals surface area contributed by atoms with Crippen molar-refractivity contribution >= 4 is 21.4 Å². The Kier molecular flexibility index (Phi) is 2.95. The van der Waals surface area contributed by atoms with Crippen LogP contribution in [0, 0.1) is 5.82 Å². The van der Waals surface area contributed by atoms with Crippen molar-refractivity contribution < 1.29 is 12.8 Å². The third kappa shape index (κ3) is 2.88. The fourth-order valence-electron chi connectivity index (χ4n) is 0.994. The number of benzene rings is 1. The predicted molar refractivity (Wildman–Crippen MR) is 54.4 cm³/mol. The summed E-state index contributed by atoms with van der Waals surface area (Å²) >= 11 is 0. The number of nitrogens with one attached hydrogen (secondary N) is 2. The Morgan fingerprint density at radius 1 is 1.36 bits per heavy atom. The molecular formula is C8H11FN2O2S. The molecule has 6 heteroatoms. The van der Waals surface area contributed by atoms with E-state index in [4.69, 9.17) is 0 Å². The van der Waals surface area contributed by atoms with Gasteiger partial charge >= 0.3 is 0 Å². The van der Waals surface area contributed by atoms with Gasteiger partial charge < -0.3 is 5.32 Å². The molecule has 2 N–H and O–H groups in total. The molecule has 4 nitrogen and oxygen atoms in total. The maximum atomic E-state index is 13.0. The molecule has 0 spiro atoms. The maximum Gasteiger partial charge on any atom is 0.229 e. The second-order valence-corrected chi connectivity index (χ2v) is 4.57. The van der Waals surface area contributed by atoms with Gasteiger partial charge in [-0.05, 0) is 18.2 Å². The summed E-state index contributed by atoms with van der Waals surface area (Å²) in [5, 5.41) is 2.61. The summed E-state index contributed by atoms with van der Waals surface area (Å²) in [4.78, 5) is 0. The minimum absolute atomic E-state index is 0.249. The van der Waals surface area contributed by atoms with E-state index in [1.54, 1.807) is 7.05 Å². The Labute approximate surface area is 82.2 Å². The molecule has 0 aromatic heterocycles. The van der Waals surface area contributed by atoms with E-state index in [2.05, 4.69) is 10.0 Å². The molecule has 0 unspecified atom stereocenters. The molecule has 0 amide bonds. The number of hydrogen-bond acceptors (Lipinski definition) is 3. The summed E-state index contributed by atoms with van der Waals surface area (Å²) < 4.78 is 36.9. The largest absolute Gasteiger partial charge is 0.386 e. The van der Waals surface area contributed by atoms with Crippen LogP contribution in [0.3, 0.4) is 0 Å². The summed E-state index contributed by atoms with van der Waals surface area (Å²) in [6.07, 6.45) is 1.04. The fraction of sp³-hybridized carbons (Fsp3) is 0.250. The molecule has 0 aliphatic carbocycles. The highest BCUT2D eigenvalue weighted by atomic mass is 32.2. The van der Waals surface area contributed by atoms with Crippen LogP contribution in [0.25, 0.3) is 0 Å². The molecule has 0 bridgehead atoms. The first-order chi connectivity index (χ1) is 6.42. The fourth-order valence-corrected chi connectivity index (χ4v) is 1.55. The van der Waals surface area contributed by atoms with Gasteiger partial charge in [0.2, 0.25) is 10.0 Å². The highest BCUT2D eigenvalue weighted by Crippen LogP contribution is 2.19. The lowest BCUT2D eigenvalue weighted by Crippen LogP contribution is -2.09. The van der Waals surface area contributed by atoms with Crippen LogP contribution >= 0.6 is 0 Å². The van der Waals surface area contributed by atoms with Gasteiger partial charge in [-0.25, -0.2) is 12.8 Å². The molecule has 0 saturated carbocycles. The number of anilines is 2. The van der Waals surface area contributed by atoms with Crippen LogP contribution in [0.15, 0.2) is 18.2 Å². The third-order valence-corrected chi connectivity index (χ3v) is 2.15. The monoisotopic (exact) mass is 218 g/mol. The summed E-state index contributed by atoms with van der Waals surface area (Å²) in [5.41, 5.74) is 0.580. The molecule has 0 atom stereocenters. The highest BCUT2D eigenvalue weighted by Gasteiger charge is 2.05. The van der Waals surface area contributed by atoms with Crippen molar-refractivity contribution in [3.8, 4) is 0 Å². The minimum atomic E-state index is -3.32. The van der Waals surface area contributed by atoms with Crippen LogP contribution in [-0.4, -0.2) is 21.7 Å². The Hall–Kier alpha value is -1.30. The summed E-state index contributed by atoms with van der Waals surface area (Å²) in [6, 6.07) is 3.94. The first kappa shape index (κ1) is 10.8.